The number of rotatable bonds is 6. The van der Waals surface area contributed by atoms with Gasteiger partial charge in [-0.1, -0.05) is 0 Å². The van der Waals surface area contributed by atoms with Gasteiger partial charge in [-0.05, 0) is 63.3 Å². The Labute approximate surface area is 151 Å². The van der Waals surface area contributed by atoms with E-state index in [1.165, 1.54) is 5.69 Å². The van der Waals surface area contributed by atoms with Gasteiger partial charge in [0.15, 0.2) is 0 Å². The van der Waals surface area contributed by atoms with Gasteiger partial charge in [-0.2, -0.15) is 0 Å². The van der Waals surface area contributed by atoms with Crippen LogP contribution in [0.1, 0.15) is 32.3 Å². The number of hydrogen-bond acceptors (Lipinski definition) is 3. The van der Waals surface area contributed by atoms with Crippen molar-refractivity contribution in [3.63, 3.8) is 0 Å². The van der Waals surface area contributed by atoms with Crippen LogP contribution in [-0.2, 0) is 4.74 Å². The lowest BCUT2D eigenvalue weighted by Crippen LogP contribution is -3.00. The van der Waals surface area contributed by atoms with Crippen molar-refractivity contribution in [2.45, 2.75) is 33.6 Å². The number of halogens is 1. The van der Waals surface area contributed by atoms with Crippen LogP contribution in [0.15, 0.2) is 18.2 Å². The molecule has 136 valence electrons. The molecule has 1 fully saturated rings. The Hall–Kier alpha value is -1.46. The zero-order chi connectivity index (χ0) is 16.7. The first kappa shape index (κ1) is 20.6. The Morgan fingerprint density at radius 3 is 2.50 bits per heavy atom. The lowest BCUT2D eigenvalue weighted by Gasteiger charge is -2.23. The number of nitrogens with one attached hydrogen (secondary N) is 2. The van der Waals surface area contributed by atoms with Crippen molar-refractivity contribution in [1.82, 2.24) is 5.32 Å². The highest BCUT2D eigenvalue weighted by molar-refractivity contribution is 5.90. The zero-order valence-electron chi connectivity index (χ0n) is 14.9. The lowest BCUT2D eigenvalue weighted by atomic mass is 10.0. The maximum absolute atomic E-state index is 12.1. The van der Waals surface area contributed by atoms with E-state index < -0.39 is 0 Å². The fraction of sp³-hybridized carbons (Fsp3) is 0.611. The lowest BCUT2D eigenvalue weighted by molar-refractivity contribution is -0.00000916. The van der Waals surface area contributed by atoms with Crippen LogP contribution in [0.5, 0.6) is 0 Å². The maximum atomic E-state index is 12.1. The number of hydrogen-bond donors (Lipinski definition) is 2. The highest BCUT2D eigenvalue weighted by Gasteiger charge is 2.15. The second-order valence-electron chi connectivity index (χ2n) is 6.06. The Kier molecular flexibility index (Phi) is 8.93. The van der Waals surface area contributed by atoms with Crippen molar-refractivity contribution in [3.8, 4) is 0 Å². The van der Waals surface area contributed by atoms with Gasteiger partial charge in [-0.15, -0.1) is 0 Å². The molecule has 1 aromatic rings. The summed E-state index contributed by atoms with van der Waals surface area (Å²) in [5.74, 6) is 0.528. The van der Waals surface area contributed by atoms with Crippen molar-refractivity contribution >= 4 is 17.4 Å². The first-order valence-corrected chi connectivity index (χ1v) is 8.62. The first-order valence-electron chi connectivity index (χ1n) is 8.62. The minimum Gasteiger partial charge on any atom is -1.00 e. The third-order valence-electron chi connectivity index (χ3n) is 4.48. The Balaban J connectivity index is 0.00000288. The number of ether oxygens (including phenoxy) is 1. The third kappa shape index (κ3) is 5.87. The molecule has 6 heteroatoms. The predicted molar refractivity (Wildman–Crippen MR) is 95.3 cm³/mol. The summed E-state index contributed by atoms with van der Waals surface area (Å²) < 4.78 is 5.33. The number of carbonyl (C=O) groups excluding carboxylic acids is 1. The summed E-state index contributed by atoms with van der Waals surface area (Å²) >= 11 is 0. The number of carbonyl (C=O) groups is 1. The summed E-state index contributed by atoms with van der Waals surface area (Å²) in [5, 5.41) is 5.92. The van der Waals surface area contributed by atoms with Crippen LogP contribution in [0, 0.1) is 12.8 Å². The number of benzene rings is 1. The molecule has 24 heavy (non-hydrogen) atoms. The Bertz CT molecular complexity index is 515. The molecule has 1 aromatic carbocycles. The molecule has 0 bridgehead atoms. The van der Waals surface area contributed by atoms with Gasteiger partial charge in [0.05, 0.1) is 0 Å². The van der Waals surface area contributed by atoms with E-state index in [2.05, 4.69) is 41.5 Å². The van der Waals surface area contributed by atoms with E-state index in [1.807, 2.05) is 13.0 Å². The van der Waals surface area contributed by atoms with E-state index in [-0.39, 0.29) is 18.4 Å². The van der Waals surface area contributed by atoms with E-state index in [9.17, 15) is 4.79 Å². The fourth-order valence-electron chi connectivity index (χ4n) is 2.93. The van der Waals surface area contributed by atoms with Crippen LogP contribution in [0.3, 0.4) is 0 Å². The minimum atomic E-state index is -0.129. The SMILES string of the molecule is CCN(CC)c1ccc(NC(=O)NCC2CCOCC2)c(C)c1.[Cl-]. The molecule has 0 spiro atoms. The van der Waals surface area contributed by atoms with E-state index >= 15 is 0 Å². The molecular weight excluding hydrogens is 326 g/mol. The van der Waals surface area contributed by atoms with Crippen LogP contribution >= 0.6 is 0 Å². The Morgan fingerprint density at radius 1 is 1.25 bits per heavy atom. The molecule has 1 aliphatic heterocycles. The number of amides is 2. The molecule has 5 nitrogen and oxygen atoms in total. The van der Waals surface area contributed by atoms with Gasteiger partial charge in [0.1, 0.15) is 0 Å². The molecule has 0 saturated carbocycles. The molecular formula is C18H29ClN3O2-. The summed E-state index contributed by atoms with van der Waals surface area (Å²) in [5.41, 5.74) is 3.14. The minimum absolute atomic E-state index is 0. The van der Waals surface area contributed by atoms with Crippen LogP contribution in [0.4, 0.5) is 16.2 Å². The van der Waals surface area contributed by atoms with Gasteiger partial charge >= 0.3 is 6.03 Å². The highest BCUT2D eigenvalue weighted by atomic mass is 35.5. The van der Waals surface area contributed by atoms with Crippen LogP contribution < -0.4 is 27.9 Å². The zero-order valence-corrected chi connectivity index (χ0v) is 15.7. The first-order chi connectivity index (χ1) is 11.1. The summed E-state index contributed by atoms with van der Waals surface area (Å²) in [6, 6.07) is 6.04. The smallest absolute Gasteiger partial charge is 0.319 e. The second kappa shape index (κ2) is 10.4. The number of nitrogens with zero attached hydrogens (tertiary/aromatic N) is 1. The van der Waals surface area contributed by atoms with Crippen molar-refractivity contribution in [1.29, 1.82) is 0 Å². The van der Waals surface area contributed by atoms with Gasteiger partial charge in [-0.3, -0.25) is 0 Å². The summed E-state index contributed by atoms with van der Waals surface area (Å²) in [6.45, 7) is 10.6. The molecule has 0 aromatic heterocycles. The topological polar surface area (TPSA) is 53.6 Å². The van der Waals surface area contributed by atoms with E-state index in [4.69, 9.17) is 4.74 Å². The average molecular weight is 355 g/mol. The maximum Gasteiger partial charge on any atom is 0.319 e. The van der Waals surface area contributed by atoms with Crippen LogP contribution in [0.2, 0.25) is 0 Å². The molecule has 0 atom stereocenters. The molecule has 1 aliphatic rings. The third-order valence-corrected chi connectivity index (χ3v) is 4.48. The molecule has 2 rings (SSSR count). The average Bonchev–Trinajstić information content (AvgIpc) is 2.57. The van der Waals surface area contributed by atoms with Gasteiger partial charge in [0.25, 0.3) is 0 Å². The molecule has 1 saturated heterocycles. The van der Waals surface area contributed by atoms with Gasteiger partial charge in [0, 0.05) is 44.2 Å². The number of urea groups is 1. The van der Waals surface area contributed by atoms with Crippen molar-refractivity contribution < 1.29 is 21.9 Å². The molecule has 0 unspecified atom stereocenters. The highest BCUT2D eigenvalue weighted by Crippen LogP contribution is 2.22. The largest absolute Gasteiger partial charge is 1.00 e. The molecule has 2 amide bonds. The normalized spacial score (nSPS) is 14.6. The van der Waals surface area contributed by atoms with Crippen LogP contribution in [0.25, 0.3) is 0 Å². The summed E-state index contributed by atoms with van der Waals surface area (Å²) in [6.07, 6.45) is 2.05. The van der Waals surface area contributed by atoms with Gasteiger partial charge in [-0.25, -0.2) is 4.79 Å². The second-order valence-corrected chi connectivity index (χ2v) is 6.06. The monoisotopic (exact) mass is 354 g/mol. The Morgan fingerprint density at radius 2 is 1.92 bits per heavy atom. The summed E-state index contributed by atoms with van der Waals surface area (Å²) in [7, 11) is 0. The standard InChI is InChI=1S/C18H29N3O2.ClH/c1-4-21(5-2)16-6-7-17(14(3)12-16)20-18(22)19-13-15-8-10-23-11-9-15;/h6-7,12,15H,4-5,8-11,13H2,1-3H3,(H2,19,20,22);1H/p-1. The fourth-order valence-corrected chi connectivity index (χ4v) is 2.93. The van der Waals surface area contributed by atoms with Crippen molar-refractivity contribution in [2.24, 2.45) is 5.92 Å². The van der Waals surface area contributed by atoms with Gasteiger partial charge in [0.2, 0.25) is 0 Å². The van der Waals surface area contributed by atoms with Crippen molar-refractivity contribution in [3.05, 3.63) is 23.8 Å². The molecule has 0 aliphatic carbocycles. The van der Waals surface area contributed by atoms with Crippen molar-refractivity contribution in [2.75, 3.05) is 43.1 Å². The molecule has 2 N–H and O–H groups in total. The van der Waals surface area contributed by atoms with Crippen LogP contribution in [-0.4, -0.2) is 38.9 Å². The quantitative estimate of drug-likeness (QED) is 0.777. The van der Waals surface area contributed by atoms with Gasteiger partial charge < -0.3 is 32.7 Å². The number of anilines is 2. The van der Waals surface area contributed by atoms with E-state index in [0.717, 1.165) is 50.4 Å². The predicted octanol–water partition coefficient (Wildman–Crippen LogP) is 0.393. The molecule has 0 radical (unpaired) electrons. The number of aryl methyl sites for hydroxylation is 1. The summed E-state index contributed by atoms with van der Waals surface area (Å²) in [4.78, 5) is 14.4. The van der Waals surface area contributed by atoms with E-state index in [1.54, 1.807) is 0 Å². The molecule has 1 heterocycles. The van der Waals surface area contributed by atoms with E-state index in [0.29, 0.717) is 12.5 Å².